The summed E-state index contributed by atoms with van der Waals surface area (Å²) in [5.41, 5.74) is -0.888. The summed E-state index contributed by atoms with van der Waals surface area (Å²) >= 11 is 10.0. The summed E-state index contributed by atoms with van der Waals surface area (Å²) in [6.45, 7) is 0. The highest BCUT2D eigenvalue weighted by atomic mass is 35.5. The fourth-order valence-corrected chi connectivity index (χ4v) is 0.970. The molecule has 0 aliphatic rings. The van der Waals surface area contributed by atoms with Gasteiger partial charge in [-0.2, -0.15) is 4.39 Å². The van der Waals surface area contributed by atoms with Gasteiger partial charge < -0.3 is 0 Å². The monoisotopic (exact) mass is 211 g/mol. The van der Waals surface area contributed by atoms with Crippen molar-refractivity contribution in [2.24, 2.45) is 0 Å². The second-order valence-corrected chi connectivity index (χ2v) is 2.60. The van der Waals surface area contributed by atoms with Crippen LogP contribution in [0.25, 0.3) is 0 Å². The van der Waals surface area contributed by atoms with E-state index >= 15 is 0 Å². The van der Waals surface area contributed by atoms with E-state index in [1.807, 2.05) is 0 Å². The van der Waals surface area contributed by atoms with Crippen molar-refractivity contribution < 1.29 is 13.6 Å². The molecular formula is C6HCl2F2NO. The lowest BCUT2D eigenvalue weighted by molar-refractivity contribution is 0.107. The van der Waals surface area contributed by atoms with Crippen molar-refractivity contribution >= 4 is 28.4 Å². The number of carbonyl (C=O) groups excluding carboxylic acids is 1. The van der Waals surface area contributed by atoms with Crippen molar-refractivity contribution in [3.8, 4) is 0 Å². The first-order valence-electron chi connectivity index (χ1n) is 2.73. The van der Waals surface area contributed by atoms with Gasteiger partial charge in [-0.3, -0.25) is 4.79 Å². The van der Waals surface area contributed by atoms with Crippen molar-refractivity contribution in [2.75, 3.05) is 0 Å². The third-order valence-electron chi connectivity index (χ3n) is 1.09. The Labute approximate surface area is 76.1 Å². The molecule has 64 valence electrons. The SMILES string of the molecule is O=C(Cl)c1c(F)cc(Cl)nc1F. The Kier molecular flexibility index (Phi) is 2.59. The standard InChI is InChI=1S/C6HCl2F2NO/c7-3-1-2(9)4(5(8)12)6(10)11-3/h1H. The summed E-state index contributed by atoms with van der Waals surface area (Å²) < 4.78 is 25.3. The van der Waals surface area contributed by atoms with Crippen LogP contribution in [0.5, 0.6) is 0 Å². The number of nitrogens with zero attached hydrogens (tertiary/aromatic N) is 1. The summed E-state index contributed by atoms with van der Waals surface area (Å²) in [5.74, 6) is -2.42. The van der Waals surface area contributed by atoms with Crippen LogP contribution in [-0.2, 0) is 0 Å². The molecule has 0 saturated carbocycles. The molecule has 0 atom stereocenters. The van der Waals surface area contributed by atoms with Gasteiger partial charge in [-0.15, -0.1) is 0 Å². The molecule has 0 aliphatic carbocycles. The maximum Gasteiger partial charge on any atom is 0.260 e. The Balaban J connectivity index is 3.38. The van der Waals surface area contributed by atoms with E-state index in [0.29, 0.717) is 6.07 Å². The highest BCUT2D eigenvalue weighted by molar-refractivity contribution is 6.67. The van der Waals surface area contributed by atoms with Gasteiger partial charge in [0.1, 0.15) is 16.5 Å². The first kappa shape index (κ1) is 9.35. The summed E-state index contributed by atoms with van der Waals surface area (Å²) in [6.07, 6.45) is 0. The zero-order valence-corrected chi connectivity index (χ0v) is 6.96. The number of hydrogen-bond donors (Lipinski definition) is 0. The number of aromatic nitrogens is 1. The van der Waals surface area contributed by atoms with Gasteiger partial charge in [0.15, 0.2) is 0 Å². The Morgan fingerprint density at radius 2 is 2.08 bits per heavy atom. The minimum Gasteiger partial charge on any atom is -0.275 e. The predicted octanol–water partition coefficient (Wildman–Crippen LogP) is 2.39. The van der Waals surface area contributed by atoms with Crippen LogP contribution in [0.1, 0.15) is 10.4 Å². The van der Waals surface area contributed by atoms with Crippen molar-refractivity contribution in [3.05, 3.63) is 28.5 Å². The maximum absolute atomic E-state index is 12.7. The van der Waals surface area contributed by atoms with Crippen LogP contribution in [0, 0.1) is 11.8 Å². The lowest BCUT2D eigenvalue weighted by atomic mass is 10.3. The van der Waals surface area contributed by atoms with Crippen LogP contribution >= 0.6 is 23.2 Å². The predicted molar refractivity (Wildman–Crippen MR) is 39.3 cm³/mol. The molecule has 0 aliphatic heterocycles. The average molecular weight is 212 g/mol. The van der Waals surface area contributed by atoms with Gasteiger partial charge in [0.25, 0.3) is 5.24 Å². The molecule has 1 heterocycles. The molecule has 0 radical (unpaired) electrons. The first-order chi connectivity index (χ1) is 5.52. The van der Waals surface area contributed by atoms with Gasteiger partial charge in [-0.1, -0.05) is 11.6 Å². The van der Waals surface area contributed by atoms with Crippen molar-refractivity contribution in [1.29, 1.82) is 0 Å². The molecule has 0 amide bonds. The lowest BCUT2D eigenvalue weighted by Gasteiger charge is -1.97. The summed E-state index contributed by atoms with van der Waals surface area (Å²) in [7, 11) is 0. The van der Waals surface area contributed by atoms with Crippen LogP contribution in [0.15, 0.2) is 6.07 Å². The Morgan fingerprint density at radius 1 is 1.50 bits per heavy atom. The van der Waals surface area contributed by atoms with Crippen LogP contribution < -0.4 is 0 Å². The highest BCUT2D eigenvalue weighted by Gasteiger charge is 2.17. The quantitative estimate of drug-likeness (QED) is 0.528. The van der Waals surface area contributed by atoms with Crippen LogP contribution in [0.3, 0.4) is 0 Å². The molecule has 2 nitrogen and oxygen atoms in total. The number of halogens is 4. The van der Waals surface area contributed by atoms with Crippen LogP contribution in [0.2, 0.25) is 5.15 Å². The van der Waals surface area contributed by atoms with E-state index in [2.05, 4.69) is 4.98 Å². The molecule has 12 heavy (non-hydrogen) atoms. The van der Waals surface area contributed by atoms with Gasteiger partial charge >= 0.3 is 0 Å². The van der Waals surface area contributed by atoms with E-state index in [4.69, 9.17) is 23.2 Å². The van der Waals surface area contributed by atoms with Crippen LogP contribution in [-0.4, -0.2) is 10.2 Å². The molecule has 1 aromatic rings. The van der Waals surface area contributed by atoms with E-state index in [9.17, 15) is 13.6 Å². The Hall–Kier alpha value is -0.740. The molecular weight excluding hydrogens is 211 g/mol. The van der Waals surface area contributed by atoms with E-state index in [-0.39, 0.29) is 5.15 Å². The molecule has 0 fully saturated rings. The fraction of sp³-hybridized carbons (Fsp3) is 0. The molecule has 0 bridgehead atoms. The lowest BCUT2D eigenvalue weighted by Crippen LogP contribution is -2.02. The van der Waals surface area contributed by atoms with Crippen molar-refractivity contribution in [1.82, 2.24) is 4.98 Å². The number of hydrogen-bond acceptors (Lipinski definition) is 2. The Morgan fingerprint density at radius 3 is 2.50 bits per heavy atom. The van der Waals surface area contributed by atoms with Gasteiger partial charge in [0.05, 0.1) is 0 Å². The molecule has 0 saturated heterocycles. The van der Waals surface area contributed by atoms with E-state index < -0.39 is 22.6 Å². The summed E-state index contributed by atoms with van der Waals surface area (Å²) in [5, 5.41) is -1.61. The minimum atomic E-state index is -1.31. The third-order valence-corrected chi connectivity index (χ3v) is 1.48. The van der Waals surface area contributed by atoms with Crippen molar-refractivity contribution in [2.45, 2.75) is 0 Å². The van der Waals surface area contributed by atoms with E-state index in [0.717, 1.165) is 0 Å². The second kappa shape index (κ2) is 3.33. The molecule has 0 spiro atoms. The largest absolute Gasteiger partial charge is 0.275 e. The van der Waals surface area contributed by atoms with Gasteiger partial charge in [0.2, 0.25) is 5.95 Å². The first-order valence-corrected chi connectivity index (χ1v) is 3.49. The number of pyridine rings is 1. The molecule has 0 N–H and O–H groups in total. The van der Waals surface area contributed by atoms with E-state index in [1.54, 1.807) is 0 Å². The van der Waals surface area contributed by atoms with E-state index in [1.165, 1.54) is 0 Å². The molecule has 0 unspecified atom stereocenters. The van der Waals surface area contributed by atoms with Crippen LogP contribution in [0.4, 0.5) is 8.78 Å². The van der Waals surface area contributed by atoms with Crippen molar-refractivity contribution in [3.63, 3.8) is 0 Å². The minimum absolute atomic E-state index is 0.369. The Bertz CT molecular complexity index is 319. The van der Waals surface area contributed by atoms with Gasteiger partial charge in [0, 0.05) is 6.07 Å². The fourth-order valence-electron chi connectivity index (χ4n) is 0.632. The second-order valence-electron chi connectivity index (χ2n) is 1.87. The maximum atomic E-state index is 12.7. The topological polar surface area (TPSA) is 30.0 Å². The average Bonchev–Trinajstić information content (AvgIpc) is 1.82. The molecule has 6 heteroatoms. The summed E-state index contributed by atoms with van der Waals surface area (Å²) in [6, 6.07) is 0.709. The zero-order chi connectivity index (χ0) is 9.30. The highest BCUT2D eigenvalue weighted by Crippen LogP contribution is 2.16. The molecule has 1 rings (SSSR count). The summed E-state index contributed by atoms with van der Waals surface area (Å²) in [4.78, 5) is 13.4. The smallest absolute Gasteiger partial charge is 0.260 e. The zero-order valence-electron chi connectivity index (χ0n) is 5.44. The van der Waals surface area contributed by atoms with Gasteiger partial charge in [-0.25, -0.2) is 9.37 Å². The van der Waals surface area contributed by atoms with Gasteiger partial charge in [-0.05, 0) is 11.6 Å². The molecule has 0 aromatic carbocycles. The normalized spacial score (nSPS) is 10.0. The number of carbonyl (C=O) groups is 1. The molecule has 1 aromatic heterocycles. The number of rotatable bonds is 1. The third kappa shape index (κ3) is 1.70.